The molecule has 0 aromatic heterocycles. The average molecular weight is 503 g/mol. The number of carbonyl (C=O) groups excluding carboxylic acids is 2. The summed E-state index contributed by atoms with van der Waals surface area (Å²) in [5.74, 6) is 0.519. The number of hydrogen-bond donors (Lipinski definition) is 1. The van der Waals surface area contributed by atoms with Gasteiger partial charge in [0.2, 0.25) is 11.8 Å². The molecule has 0 radical (unpaired) electrons. The lowest BCUT2D eigenvalue weighted by Crippen LogP contribution is -2.32. The van der Waals surface area contributed by atoms with Crippen molar-refractivity contribution in [2.75, 3.05) is 21.7 Å². The van der Waals surface area contributed by atoms with Crippen LogP contribution in [0.25, 0.3) is 10.8 Å². The van der Waals surface area contributed by atoms with Gasteiger partial charge in [0.1, 0.15) is 12.3 Å². The van der Waals surface area contributed by atoms with E-state index in [0.29, 0.717) is 11.4 Å². The van der Waals surface area contributed by atoms with Crippen LogP contribution < -0.4 is 15.1 Å². The van der Waals surface area contributed by atoms with Crippen molar-refractivity contribution in [1.82, 2.24) is 0 Å². The largest absolute Gasteiger partial charge is 0.328 e. The van der Waals surface area contributed by atoms with E-state index in [1.807, 2.05) is 66.7 Å². The number of benzene rings is 4. The van der Waals surface area contributed by atoms with Crippen LogP contribution in [0.1, 0.15) is 32.3 Å². The lowest BCUT2D eigenvalue weighted by atomic mass is 10.1. The molecule has 0 bridgehead atoms. The third kappa shape index (κ3) is 4.54. The average Bonchev–Trinajstić information content (AvgIpc) is 3.16. The van der Waals surface area contributed by atoms with Crippen molar-refractivity contribution in [1.29, 1.82) is 0 Å². The topological polar surface area (TPSA) is 65.0 Å². The molecule has 0 fully saturated rings. The van der Waals surface area contributed by atoms with Gasteiger partial charge in [-0.1, -0.05) is 60.7 Å². The first-order chi connectivity index (χ1) is 18.4. The Bertz CT molecular complexity index is 1560. The molecule has 0 saturated carbocycles. The van der Waals surface area contributed by atoms with Crippen molar-refractivity contribution in [3.8, 4) is 0 Å². The Kier molecular flexibility index (Phi) is 5.95. The minimum atomic E-state index is -0.301. The lowest BCUT2D eigenvalue weighted by molar-refractivity contribution is -0.124. The number of aliphatic imine (C=N–C) groups is 1. The quantitative estimate of drug-likeness (QED) is 0.318. The molecule has 6 rings (SSSR count). The van der Waals surface area contributed by atoms with Gasteiger partial charge in [0.05, 0.1) is 16.9 Å². The Morgan fingerprint density at radius 1 is 0.816 bits per heavy atom. The Balaban J connectivity index is 1.31. The SMILES string of the molecule is CC1(C)CN(c2ccc(N3C(=O)CC(=O)Nc4c3ccc3ccccc43)cc2)C(CCc2ccccc2)=N1. The van der Waals surface area contributed by atoms with Gasteiger partial charge < -0.3 is 10.2 Å². The highest BCUT2D eigenvalue weighted by Crippen LogP contribution is 2.40. The molecule has 0 spiro atoms. The number of rotatable bonds is 5. The predicted molar refractivity (Wildman–Crippen MR) is 154 cm³/mol. The Labute approximate surface area is 222 Å². The minimum absolute atomic E-state index is 0.169. The fourth-order valence-corrected chi connectivity index (χ4v) is 5.43. The molecule has 0 saturated heterocycles. The third-order valence-electron chi connectivity index (χ3n) is 7.16. The number of aryl methyl sites for hydroxylation is 1. The third-order valence-corrected chi connectivity index (χ3v) is 7.16. The normalized spacial score (nSPS) is 16.7. The first-order valence-corrected chi connectivity index (χ1v) is 13.0. The summed E-state index contributed by atoms with van der Waals surface area (Å²) in [6.45, 7) is 5.11. The molecule has 0 atom stereocenters. The maximum absolute atomic E-state index is 13.3. The van der Waals surface area contributed by atoms with E-state index in [1.165, 1.54) is 5.56 Å². The maximum atomic E-state index is 13.3. The molecular weight excluding hydrogens is 472 g/mol. The number of nitrogens with zero attached hydrogens (tertiary/aromatic N) is 3. The van der Waals surface area contributed by atoms with Gasteiger partial charge in [-0.15, -0.1) is 0 Å². The zero-order chi connectivity index (χ0) is 26.3. The maximum Gasteiger partial charge on any atom is 0.241 e. The standard InChI is InChI=1S/C32H30N4O2/c1-32(2)21-35(28(34-32)19-12-22-8-4-3-5-9-22)24-14-16-25(17-15-24)36-27-18-13-23-10-6-7-11-26(23)31(27)33-29(37)20-30(36)38/h3-11,13-18H,12,19-21H2,1-2H3,(H,33,37). The number of anilines is 4. The second-order valence-electron chi connectivity index (χ2n) is 10.6. The smallest absolute Gasteiger partial charge is 0.241 e. The Morgan fingerprint density at radius 3 is 2.32 bits per heavy atom. The molecule has 0 aliphatic carbocycles. The van der Waals surface area contributed by atoms with Crippen molar-refractivity contribution >= 4 is 51.2 Å². The van der Waals surface area contributed by atoms with E-state index >= 15 is 0 Å². The molecule has 6 nitrogen and oxygen atoms in total. The van der Waals surface area contributed by atoms with Gasteiger partial charge in [-0.25, -0.2) is 0 Å². The van der Waals surface area contributed by atoms with E-state index in [4.69, 9.17) is 4.99 Å². The van der Waals surface area contributed by atoms with Crippen LogP contribution in [-0.2, 0) is 16.0 Å². The molecule has 0 unspecified atom stereocenters. The Hall–Kier alpha value is -4.45. The summed E-state index contributed by atoms with van der Waals surface area (Å²) in [6, 6.07) is 30.3. The summed E-state index contributed by atoms with van der Waals surface area (Å²) in [5, 5.41) is 4.89. The van der Waals surface area contributed by atoms with E-state index in [0.717, 1.165) is 47.4 Å². The van der Waals surface area contributed by atoms with Gasteiger partial charge in [0.15, 0.2) is 0 Å². The summed E-state index contributed by atoms with van der Waals surface area (Å²) in [4.78, 5) is 34.8. The minimum Gasteiger partial charge on any atom is -0.328 e. The molecule has 6 heteroatoms. The van der Waals surface area contributed by atoms with E-state index in [9.17, 15) is 9.59 Å². The summed E-state index contributed by atoms with van der Waals surface area (Å²) < 4.78 is 0. The van der Waals surface area contributed by atoms with Crippen molar-refractivity contribution < 1.29 is 9.59 Å². The summed E-state index contributed by atoms with van der Waals surface area (Å²) in [7, 11) is 0. The van der Waals surface area contributed by atoms with Gasteiger partial charge in [-0.3, -0.25) is 19.5 Å². The van der Waals surface area contributed by atoms with Crippen LogP contribution in [0.15, 0.2) is 96.0 Å². The zero-order valence-corrected chi connectivity index (χ0v) is 21.6. The highest BCUT2D eigenvalue weighted by molar-refractivity contribution is 6.21. The highest BCUT2D eigenvalue weighted by atomic mass is 16.2. The highest BCUT2D eigenvalue weighted by Gasteiger charge is 2.32. The Morgan fingerprint density at radius 2 is 1.53 bits per heavy atom. The van der Waals surface area contributed by atoms with Crippen molar-refractivity contribution in [3.05, 3.63) is 96.6 Å². The van der Waals surface area contributed by atoms with Gasteiger partial charge in [0.25, 0.3) is 0 Å². The fourth-order valence-electron chi connectivity index (χ4n) is 5.43. The van der Waals surface area contributed by atoms with Crippen LogP contribution in [0.5, 0.6) is 0 Å². The van der Waals surface area contributed by atoms with Crippen molar-refractivity contribution in [2.45, 2.75) is 38.6 Å². The summed E-state index contributed by atoms with van der Waals surface area (Å²) in [6.07, 6.45) is 1.58. The predicted octanol–water partition coefficient (Wildman–Crippen LogP) is 6.48. The molecule has 4 aromatic carbocycles. The van der Waals surface area contributed by atoms with Gasteiger partial charge >= 0.3 is 0 Å². The van der Waals surface area contributed by atoms with E-state index in [-0.39, 0.29) is 23.8 Å². The van der Waals surface area contributed by atoms with Crippen molar-refractivity contribution in [3.63, 3.8) is 0 Å². The molecule has 1 N–H and O–H groups in total. The fraction of sp³-hybridized carbons (Fsp3) is 0.219. The first kappa shape index (κ1) is 23.9. The number of amides is 2. The van der Waals surface area contributed by atoms with Gasteiger partial charge in [-0.05, 0) is 61.5 Å². The summed E-state index contributed by atoms with van der Waals surface area (Å²) in [5.41, 5.74) is 4.25. The monoisotopic (exact) mass is 502 g/mol. The van der Waals surface area contributed by atoms with E-state index in [2.05, 4.69) is 48.3 Å². The molecule has 4 aromatic rings. The van der Waals surface area contributed by atoms with Crippen molar-refractivity contribution in [2.24, 2.45) is 4.99 Å². The molecule has 2 heterocycles. The van der Waals surface area contributed by atoms with Crippen LogP contribution in [0.4, 0.5) is 22.7 Å². The number of hydrogen-bond acceptors (Lipinski definition) is 4. The van der Waals surface area contributed by atoms with Crippen LogP contribution in [0.2, 0.25) is 0 Å². The molecule has 2 amide bonds. The zero-order valence-electron chi connectivity index (χ0n) is 21.6. The second-order valence-corrected chi connectivity index (χ2v) is 10.6. The van der Waals surface area contributed by atoms with Gasteiger partial charge in [0, 0.05) is 29.7 Å². The number of amidine groups is 1. The molecule has 190 valence electrons. The first-order valence-electron chi connectivity index (χ1n) is 13.0. The second kappa shape index (κ2) is 9.45. The molecule has 2 aliphatic rings. The van der Waals surface area contributed by atoms with Crippen LogP contribution in [-0.4, -0.2) is 29.7 Å². The van der Waals surface area contributed by atoms with E-state index < -0.39 is 0 Å². The van der Waals surface area contributed by atoms with Crippen LogP contribution >= 0.6 is 0 Å². The van der Waals surface area contributed by atoms with E-state index in [1.54, 1.807) is 4.90 Å². The molecular formula is C32H30N4O2. The molecule has 2 aliphatic heterocycles. The molecule has 38 heavy (non-hydrogen) atoms. The number of nitrogens with one attached hydrogen (secondary N) is 1. The van der Waals surface area contributed by atoms with Gasteiger partial charge in [-0.2, -0.15) is 0 Å². The van der Waals surface area contributed by atoms with Crippen LogP contribution in [0, 0.1) is 0 Å². The lowest BCUT2D eigenvalue weighted by Gasteiger charge is -2.26. The number of fused-ring (bicyclic) bond motifs is 3. The van der Waals surface area contributed by atoms with Crippen LogP contribution in [0.3, 0.4) is 0 Å². The summed E-state index contributed by atoms with van der Waals surface area (Å²) >= 11 is 0. The number of carbonyl (C=O) groups is 2.